The van der Waals surface area contributed by atoms with Crippen molar-refractivity contribution in [3.8, 4) is 22.7 Å². The van der Waals surface area contributed by atoms with Gasteiger partial charge >= 0.3 is 0 Å². The van der Waals surface area contributed by atoms with Crippen molar-refractivity contribution in [2.45, 2.75) is 27.7 Å². The Morgan fingerprint density at radius 2 is 0.728 bits per heavy atom. The highest BCUT2D eigenvalue weighted by Gasteiger charge is 2.24. The minimum atomic E-state index is 0.817. The average molecular weight is 1280 g/mol. The summed E-state index contributed by atoms with van der Waals surface area (Å²) in [5.41, 5.74) is 16.3. The number of hydrogen-bond acceptors (Lipinski definition) is 8. The number of hydrogen-bond donors (Lipinski definition) is 0. The van der Waals surface area contributed by atoms with E-state index in [0.717, 1.165) is 83.1 Å². The van der Waals surface area contributed by atoms with Gasteiger partial charge in [0.05, 0.1) is 59.7 Å². The van der Waals surface area contributed by atoms with Crippen molar-refractivity contribution >= 4 is 171 Å². The molecule has 12 nitrogen and oxygen atoms in total. The van der Waals surface area contributed by atoms with Gasteiger partial charge in [-0.1, -0.05) is 66.7 Å². The molecule has 0 fully saturated rings. The summed E-state index contributed by atoms with van der Waals surface area (Å²) in [6, 6.07) is 59.3. The SMILES string of the molecule is Cc1cc2c(cc1-n1ccc[n+]1C)oc1c3ccccc3oc21.Cc1cc2c(cc1-n1ccc[n+]1C)sc1c3ccccc3sc21.Cc1cc2c(cc1-n1ccc[n+]1C)sc1sc3ccccc3c12.Cc1ccc2c(oc3c4ccccc4oc23)c1-n1ccc[n+]1C. The molecule has 0 radical (unpaired) electrons. The lowest BCUT2D eigenvalue weighted by atomic mass is 10.1. The molecule has 92 heavy (non-hydrogen) atoms. The van der Waals surface area contributed by atoms with Crippen LogP contribution in [-0.4, -0.2) is 18.7 Å². The molecule has 16 heteroatoms. The number of nitrogens with zero attached hydrogens (tertiary/aromatic N) is 8. The van der Waals surface area contributed by atoms with Crippen molar-refractivity contribution in [3.63, 3.8) is 0 Å². The van der Waals surface area contributed by atoms with E-state index in [1.807, 2.05) is 154 Å². The Balaban J connectivity index is 0.0000000939. The number of benzene rings is 8. The normalized spacial score (nSPS) is 11.9. The van der Waals surface area contributed by atoms with Crippen LogP contribution in [0.5, 0.6) is 0 Å². The topological polar surface area (TPSA) is 87.8 Å². The van der Waals surface area contributed by atoms with Crippen LogP contribution in [-0.2, 0) is 28.2 Å². The Kier molecular flexibility index (Phi) is 13.1. The Morgan fingerprint density at radius 3 is 1.32 bits per heavy atom. The maximum Gasteiger partial charge on any atom is 0.195 e. The first-order valence-corrected chi connectivity index (χ1v) is 33.7. The Morgan fingerprint density at radius 1 is 0.304 bits per heavy atom. The van der Waals surface area contributed by atoms with Gasteiger partial charge in [0.25, 0.3) is 0 Å². The highest BCUT2D eigenvalue weighted by molar-refractivity contribution is 7.44. The van der Waals surface area contributed by atoms with Crippen molar-refractivity contribution in [2.24, 2.45) is 28.2 Å². The lowest BCUT2D eigenvalue weighted by molar-refractivity contribution is -0.744. The highest BCUT2D eigenvalue weighted by atomic mass is 32.2. The summed E-state index contributed by atoms with van der Waals surface area (Å²) in [7, 11) is 8.18. The van der Waals surface area contributed by atoms with Gasteiger partial charge in [0.2, 0.25) is 0 Å². The summed E-state index contributed by atoms with van der Waals surface area (Å²) in [4.78, 5) is 0. The maximum absolute atomic E-state index is 6.27. The fraction of sp³-hybridized carbons (Fsp3) is 0.105. The van der Waals surface area contributed by atoms with Crippen molar-refractivity contribution in [2.75, 3.05) is 0 Å². The molecule has 0 bridgehead atoms. The molecule has 0 saturated heterocycles. The molecule has 0 unspecified atom stereocenters. The zero-order chi connectivity index (χ0) is 62.2. The minimum Gasteiger partial charge on any atom is -0.452 e. The molecular formula is C76H60N8O4S4+4. The van der Waals surface area contributed by atoms with Crippen LogP contribution in [0.25, 0.3) is 148 Å². The molecule has 20 rings (SSSR count). The van der Waals surface area contributed by atoms with Crippen LogP contribution < -0.4 is 18.7 Å². The van der Waals surface area contributed by atoms with E-state index in [1.165, 1.54) is 87.2 Å². The largest absolute Gasteiger partial charge is 0.452 e. The highest BCUT2D eigenvalue weighted by Crippen LogP contribution is 2.47. The first kappa shape index (κ1) is 55.7. The van der Waals surface area contributed by atoms with Crippen molar-refractivity contribution in [1.29, 1.82) is 0 Å². The lowest BCUT2D eigenvalue weighted by Gasteiger charge is -2.05. The van der Waals surface area contributed by atoms with E-state index >= 15 is 0 Å². The van der Waals surface area contributed by atoms with Crippen molar-refractivity contribution in [1.82, 2.24) is 18.7 Å². The second-order valence-electron chi connectivity index (χ2n) is 23.6. The number of aromatic nitrogens is 8. The number of fused-ring (bicyclic) bond motifs is 20. The molecule has 0 N–H and O–H groups in total. The third-order valence-corrected chi connectivity index (χ3v) is 22.7. The van der Waals surface area contributed by atoms with Gasteiger partial charge in [-0.25, -0.2) is 0 Å². The van der Waals surface area contributed by atoms with E-state index < -0.39 is 0 Å². The van der Waals surface area contributed by atoms with Crippen LogP contribution in [0.4, 0.5) is 0 Å². The summed E-state index contributed by atoms with van der Waals surface area (Å²) in [5, 5.41) is 11.0. The molecule has 0 atom stereocenters. The van der Waals surface area contributed by atoms with Gasteiger partial charge in [-0.2, -0.15) is 0 Å². The molecule has 12 heterocycles. The molecule has 8 aromatic carbocycles. The van der Waals surface area contributed by atoms with Crippen LogP contribution >= 0.6 is 45.3 Å². The standard InChI is InChI=1S/2C19H15N2O2.2C19H15N2S2/c1-12-8-9-14-17(16(12)21-11-5-10-20(21)2)23-18-13-6-3-4-7-15(13)22-19(14)18;2*1-12-10-14-17(11-15(12)21-9-5-8-20(21)2)23-18-13-6-3-4-7-16(13)22-19(14)18;1-12-10-14-17(11-15(12)21-9-5-8-20(21)2)23-19-18(14)13-6-3-4-7-16(13)22-19/h4*3-11H,1-2H3/q4*+1. The van der Waals surface area contributed by atoms with Gasteiger partial charge in [0.15, 0.2) is 86.6 Å². The first-order valence-electron chi connectivity index (χ1n) is 30.4. The molecule has 0 aliphatic rings. The summed E-state index contributed by atoms with van der Waals surface area (Å²) in [5.74, 6) is 0. The third-order valence-electron chi connectivity index (χ3n) is 17.7. The van der Waals surface area contributed by atoms with Gasteiger partial charge < -0.3 is 17.7 Å². The van der Waals surface area contributed by atoms with E-state index in [2.05, 4.69) is 204 Å². The first-order chi connectivity index (χ1) is 44.9. The summed E-state index contributed by atoms with van der Waals surface area (Å²) in [6.45, 7) is 8.60. The minimum absolute atomic E-state index is 0.817. The van der Waals surface area contributed by atoms with Crippen molar-refractivity contribution in [3.05, 3.63) is 242 Å². The van der Waals surface area contributed by atoms with E-state index in [0.29, 0.717) is 0 Å². The maximum atomic E-state index is 6.27. The van der Waals surface area contributed by atoms with Gasteiger partial charge in [-0.05, 0) is 123 Å². The summed E-state index contributed by atoms with van der Waals surface area (Å²) in [6.07, 6.45) is 16.5. The molecule has 0 spiro atoms. The summed E-state index contributed by atoms with van der Waals surface area (Å²) >= 11 is 7.64. The third kappa shape index (κ3) is 8.95. The van der Waals surface area contributed by atoms with Gasteiger partial charge in [-0.3, -0.25) is 0 Å². The molecule has 0 aliphatic heterocycles. The fourth-order valence-electron chi connectivity index (χ4n) is 13.2. The molecular weight excluding hydrogens is 1220 g/mol. The van der Waals surface area contributed by atoms with Gasteiger partial charge in [0, 0.05) is 76.1 Å². The lowest BCUT2D eigenvalue weighted by Crippen LogP contribution is -2.37. The molecule has 0 saturated carbocycles. The van der Waals surface area contributed by atoms with Crippen LogP contribution in [0.15, 0.2) is 237 Å². The van der Waals surface area contributed by atoms with Crippen LogP contribution in [0.2, 0.25) is 0 Å². The smallest absolute Gasteiger partial charge is 0.195 e. The number of aryl methyl sites for hydroxylation is 8. The molecule has 448 valence electrons. The predicted octanol–water partition coefficient (Wildman–Crippen LogP) is 18.9. The zero-order valence-corrected chi connectivity index (χ0v) is 54.9. The molecule has 20 aromatic rings. The van der Waals surface area contributed by atoms with Gasteiger partial charge in [0.1, 0.15) is 33.8 Å². The Labute approximate surface area is 542 Å². The molecule has 12 aromatic heterocycles. The predicted molar refractivity (Wildman–Crippen MR) is 377 cm³/mol. The van der Waals surface area contributed by atoms with E-state index in [1.54, 1.807) is 0 Å². The quantitative estimate of drug-likeness (QED) is 0.164. The average Bonchev–Trinajstić information content (AvgIpc) is 1.71. The fourth-order valence-corrected chi connectivity index (χ4v) is 18.4. The van der Waals surface area contributed by atoms with E-state index in [4.69, 9.17) is 17.7 Å². The van der Waals surface area contributed by atoms with Crippen LogP contribution in [0, 0.1) is 27.7 Å². The van der Waals surface area contributed by atoms with Crippen molar-refractivity contribution < 1.29 is 36.4 Å². The number of furan rings is 4. The van der Waals surface area contributed by atoms with E-state index in [-0.39, 0.29) is 0 Å². The van der Waals surface area contributed by atoms with E-state index in [9.17, 15) is 0 Å². The molecule has 0 amide bonds. The second-order valence-corrected chi connectivity index (χ2v) is 28.1. The molecule has 0 aliphatic carbocycles. The summed E-state index contributed by atoms with van der Waals surface area (Å²) < 4.78 is 51.1. The Bertz CT molecular complexity index is 6030. The zero-order valence-electron chi connectivity index (χ0n) is 51.6. The van der Waals surface area contributed by atoms with Gasteiger partial charge in [-0.15, -0.1) is 82.8 Å². The number of rotatable bonds is 4. The number of thiophene rings is 4. The van der Waals surface area contributed by atoms with Crippen LogP contribution in [0.3, 0.4) is 0 Å². The second kappa shape index (κ2) is 21.7. The van der Waals surface area contributed by atoms with Crippen LogP contribution in [0.1, 0.15) is 22.3 Å². The Hall–Kier alpha value is -10.4. The number of para-hydroxylation sites is 2. The monoisotopic (exact) mass is 1280 g/mol.